The van der Waals surface area contributed by atoms with E-state index in [1.165, 1.54) is 70.9 Å². The summed E-state index contributed by atoms with van der Waals surface area (Å²) in [7, 11) is 0. The first-order valence-corrected chi connectivity index (χ1v) is 18.8. The molecule has 55 heavy (non-hydrogen) atoms. The summed E-state index contributed by atoms with van der Waals surface area (Å²) in [4.78, 5) is 9.73. The van der Waals surface area contributed by atoms with Crippen LogP contribution < -0.4 is 0 Å². The number of hydrogen-bond acceptors (Lipinski definition) is 2. The van der Waals surface area contributed by atoms with Crippen molar-refractivity contribution in [1.82, 2.24) is 14.4 Å². The van der Waals surface area contributed by atoms with Crippen molar-refractivity contribution < 1.29 is 0 Å². The number of rotatable bonds is 3. The smallest absolute Gasteiger partial charge is 0.146 e. The van der Waals surface area contributed by atoms with Gasteiger partial charge in [-0.15, -0.1) is 0 Å². The average molecular weight is 698 g/mol. The van der Waals surface area contributed by atoms with Gasteiger partial charge in [0.1, 0.15) is 5.65 Å². The summed E-state index contributed by atoms with van der Waals surface area (Å²) in [6, 6.07) is 64.4. The van der Waals surface area contributed by atoms with Crippen LogP contribution in [-0.2, 0) is 0 Å². The van der Waals surface area contributed by atoms with E-state index >= 15 is 0 Å². The van der Waals surface area contributed by atoms with Crippen LogP contribution in [0.1, 0.15) is 0 Å². The molecule has 3 heterocycles. The van der Waals surface area contributed by atoms with E-state index in [4.69, 9.17) is 4.98 Å². The molecule has 254 valence electrons. The summed E-state index contributed by atoms with van der Waals surface area (Å²) < 4.78 is 2.28. The molecule has 0 bridgehead atoms. The first kappa shape index (κ1) is 30.1. The molecule has 0 amide bonds. The summed E-state index contributed by atoms with van der Waals surface area (Å²) in [5.74, 6) is 0. The van der Waals surface area contributed by atoms with Crippen molar-refractivity contribution in [3.63, 3.8) is 0 Å². The molecule has 12 rings (SSSR count). The predicted molar refractivity (Wildman–Crippen MR) is 232 cm³/mol. The van der Waals surface area contributed by atoms with Gasteiger partial charge in [-0.3, -0.25) is 9.38 Å². The summed E-state index contributed by atoms with van der Waals surface area (Å²) in [6.45, 7) is 0. The van der Waals surface area contributed by atoms with Crippen molar-refractivity contribution in [2.45, 2.75) is 0 Å². The first-order chi connectivity index (χ1) is 27.3. The predicted octanol–water partition coefficient (Wildman–Crippen LogP) is 13.8. The van der Waals surface area contributed by atoms with Crippen molar-refractivity contribution >= 4 is 81.4 Å². The highest BCUT2D eigenvalue weighted by Crippen LogP contribution is 2.46. The second-order valence-corrected chi connectivity index (χ2v) is 14.6. The van der Waals surface area contributed by atoms with Gasteiger partial charge >= 0.3 is 0 Å². The van der Waals surface area contributed by atoms with Gasteiger partial charge in [-0.05, 0) is 130 Å². The molecule has 0 saturated carbocycles. The van der Waals surface area contributed by atoms with E-state index in [-0.39, 0.29) is 0 Å². The molecule has 0 fully saturated rings. The maximum Gasteiger partial charge on any atom is 0.146 e. The summed E-state index contributed by atoms with van der Waals surface area (Å²) in [5.41, 5.74) is 11.4. The Balaban J connectivity index is 1.16. The van der Waals surface area contributed by atoms with Crippen molar-refractivity contribution in [1.29, 1.82) is 0 Å². The van der Waals surface area contributed by atoms with E-state index in [2.05, 4.69) is 185 Å². The molecular formula is C52H31N3. The highest BCUT2D eigenvalue weighted by Gasteiger charge is 2.19. The number of nitrogens with zero attached hydrogens (tertiary/aromatic N) is 3. The topological polar surface area (TPSA) is 30.2 Å². The molecular weight excluding hydrogens is 667 g/mol. The fourth-order valence-electron chi connectivity index (χ4n) is 9.05. The van der Waals surface area contributed by atoms with E-state index in [1.807, 2.05) is 12.4 Å². The van der Waals surface area contributed by atoms with Crippen LogP contribution in [0.3, 0.4) is 0 Å². The zero-order chi connectivity index (χ0) is 36.0. The van der Waals surface area contributed by atoms with Gasteiger partial charge in [0.2, 0.25) is 0 Å². The SMILES string of the molecule is c1ccc2cc(-c3c4ccccc4c(-c4ccc5ccccc5c4)c4cc(-c5ccc6c(c5)c5cnccc5n5c7ccccc7nc65)ccc34)ccc2c1. The molecule has 3 nitrogen and oxygen atoms in total. The Kier molecular flexibility index (Phi) is 6.34. The molecule has 0 aliphatic heterocycles. The minimum atomic E-state index is 0.963. The van der Waals surface area contributed by atoms with Crippen LogP contribution in [-0.4, -0.2) is 14.4 Å². The van der Waals surface area contributed by atoms with Crippen LogP contribution in [0.15, 0.2) is 188 Å². The number of benzene rings is 9. The molecule has 9 aromatic carbocycles. The molecule has 0 N–H and O–H groups in total. The Hall–Kier alpha value is -7.36. The molecule has 0 atom stereocenters. The van der Waals surface area contributed by atoms with Gasteiger partial charge < -0.3 is 0 Å². The van der Waals surface area contributed by atoms with E-state index in [0.717, 1.165) is 43.9 Å². The average Bonchev–Trinajstić information content (AvgIpc) is 3.65. The lowest BCUT2D eigenvalue weighted by molar-refractivity contribution is 1.28. The number of imidazole rings is 1. The normalized spacial score (nSPS) is 12.0. The van der Waals surface area contributed by atoms with Crippen LogP contribution in [0, 0.1) is 0 Å². The molecule has 3 aromatic heterocycles. The zero-order valence-electron chi connectivity index (χ0n) is 29.7. The van der Waals surface area contributed by atoms with E-state index in [1.54, 1.807) is 0 Å². The molecule has 0 saturated heterocycles. The molecule has 0 aliphatic rings. The van der Waals surface area contributed by atoms with Crippen LogP contribution in [0.5, 0.6) is 0 Å². The van der Waals surface area contributed by atoms with Gasteiger partial charge in [-0.1, -0.05) is 127 Å². The highest BCUT2D eigenvalue weighted by molar-refractivity contribution is 6.23. The fourth-order valence-corrected chi connectivity index (χ4v) is 9.05. The monoisotopic (exact) mass is 697 g/mol. The van der Waals surface area contributed by atoms with Crippen molar-refractivity contribution in [2.75, 3.05) is 0 Å². The fraction of sp³-hybridized carbons (Fsp3) is 0. The van der Waals surface area contributed by atoms with Gasteiger partial charge in [-0.25, -0.2) is 4.98 Å². The first-order valence-electron chi connectivity index (χ1n) is 18.8. The molecule has 0 aliphatic carbocycles. The maximum absolute atomic E-state index is 5.13. The number of hydrogen-bond donors (Lipinski definition) is 0. The molecule has 3 heteroatoms. The van der Waals surface area contributed by atoms with Crippen LogP contribution >= 0.6 is 0 Å². The third-order valence-corrected chi connectivity index (χ3v) is 11.6. The largest absolute Gasteiger partial charge is 0.292 e. The van der Waals surface area contributed by atoms with Crippen molar-refractivity contribution in [3.05, 3.63) is 188 Å². The van der Waals surface area contributed by atoms with E-state index < -0.39 is 0 Å². The second kappa shape index (κ2) is 11.6. The zero-order valence-corrected chi connectivity index (χ0v) is 29.7. The number of pyridine rings is 2. The van der Waals surface area contributed by atoms with E-state index in [0.29, 0.717) is 0 Å². The maximum atomic E-state index is 5.13. The molecule has 0 radical (unpaired) electrons. The van der Waals surface area contributed by atoms with Gasteiger partial charge in [0.05, 0.1) is 16.6 Å². The Bertz CT molecular complexity index is 3560. The Morgan fingerprint density at radius 1 is 0.345 bits per heavy atom. The number of para-hydroxylation sites is 2. The Morgan fingerprint density at radius 3 is 1.60 bits per heavy atom. The molecule has 0 unspecified atom stereocenters. The quantitative estimate of drug-likeness (QED) is 0.136. The van der Waals surface area contributed by atoms with Crippen LogP contribution in [0.2, 0.25) is 0 Å². The Morgan fingerprint density at radius 2 is 0.891 bits per heavy atom. The van der Waals surface area contributed by atoms with Gasteiger partial charge in [0.15, 0.2) is 0 Å². The summed E-state index contributed by atoms with van der Waals surface area (Å²) >= 11 is 0. The second-order valence-electron chi connectivity index (χ2n) is 14.6. The third-order valence-electron chi connectivity index (χ3n) is 11.6. The van der Waals surface area contributed by atoms with Crippen molar-refractivity contribution in [3.8, 4) is 33.4 Å². The minimum Gasteiger partial charge on any atom is -0.292 e. The minimum absolute atomic E-state index is 0.963. The van der Waals surface area contributed by atoms with Crippen LogP contribution in [0.25, 0.3) is 115 Å². The summed E-state index contributed by atoms with van der Waals surface area (Å²) in [5, 5.41) is 13.3. The number of fused-ring (bicyclic) bond motifs is 12. The van der Waals surface area contributed by atoms with Gasteiger partial charge in [-0.2, -0.15) is 0 Å². The van der Waals surface area contributed by atoms with Crippen LogP contribution in [0.4, 0.5) is 0 Å². The summed E-state index contributed by atoms with van der Waals surface area (Å²) in [6.07, 6.45) is 3.87. The third kappa shape index (κ3) is 4.50. The molecule has 12 aromatic rings. The van der Waals surface area contributed by atoms with Gasteiger partial charge in [0.25, 0.3) is 0 Å². The van der Waals surface area contributed by atoms with E-state index in [9.17, 15) is 0 Å². The molecule has 0 spiro atoms. The van der Waals surface area contributed by atoms with Crippen molar-refractivity contribution in [2.24, 2.45) is 0 Å². The lowest BCUT2D eigenvalue weighted by Crippen LogP contribution is -1.93. The standard InChI is InChI=1S/C52H31N3/c1-3-11-34-27-38(19-17-32(34)9-1)50-40-13-5-6-14-41(40)51(39-20-18-33-10-2-4-12-35(33)28-39)45-30-37(21-23-42(45)50)36-22-24-43-44(29-36)46-31-53-26-25-48(46)55-49-16-8-7-15-47(49)54-52(43)55/h1-31H. The Labute approximate surface area is 316 Å². The lowest BCUT2D eigenvalue weighted by Gasteiger charge is -2.19. The lowest BCUT2D eigenvalue weighted by atomic mass is 9.84. The number of aromatic nitrogens is 3. The highest BCUT2D eigenvalue weighted by atomic mass is 15.0. The van der Waals surface area contributed by atoms with Gasteiger partial charge in [0, 0.05) is 23.2 Å².